The van der Waals surface area contributed by atoms with Gasteiger partial charge in [0, 0.05) is 0 Å². The number of carbonyl (C=O) groups excluding carboxylic acids is 1. The minimum Gasteiger partial charge on any atom is -0.368 e. The zero-order valence-corrected chi connectivity index (χ0v) is 14.6. The number of primary amides is 1. The van der Waals surface area contributed by atoms with Gasteiger partial charge in [-0.05, 0) is 34.6 Å². The maximum Gasteiger partial charge on any atom is 0.417 e. The van der Waals surface area contributed by atoms with Gasteiger partial charge < -0.3 is 5.73 Å². The summed E-state index contributed by atoms with van der Waals surface area (Å²) in [6.45, 7) is 3.88. The molecule has 0 saturated carbocycles. The molecular weight excluding hydrogens is 341 g/mol. The highest BCUT2D eigenvalue weighted by Gasteiger charge is 2.48. The lowest BCUT2D eigenvalue weighted by Gasteiger charge is -2.39. The third-order valence-electron chi connectivity index (χ3n) is 4.66. The predicted molar refractivity (Wildman–Crippen MR) is 94.3 cm³/mol. The highest BCUT2D eigenvalue weighted by Crippen LogP contribution is 2.52. The van der Waals surface area contributed by atoms with E-state index in [0.717, 1.165) is 0 Å². The Morgan fingerprint density at radius 1 is 1.15 bits per heavy atom. The molecule has 2 aromatic rings. The van der Waals surface area contributed by atoms with Crippen LogP contribution in [0.5, 0.6) is 0 Å². The summed E-state index contributed by atoms with van der Waals surface area (Å²) in [6, 6.07) is 10.8. The molecule has 0 unspecified atom stereocenters. The number of alkyl halides is 3. The van der Waals surface area contributed by atoms with Crippen LogP contribution >= 0.6 is 0 Å². The number of rotatable bonds is 6. The number of nitrogens with one attached hydrogen (secondary N) is 1. The van der Waals surface area contributed by atoms with Gasteiger partial charge in [-0.1, -0.05) is 56.3 Å². The molecular formula is C20H21F3N2O. The Kier molecular flexibility index (Phi) is 4.80. The molecule has 0 aromatic heterocycles. The Bertz CT molecular complexity index is 816. The van der Waals surface area contributed by atoms with Gasteiger partial charge in [0.2, 0.25) is 5.91 Å². The van der Waals surface area contributed by atoms with Gasteiger partial charge in [-0.3, -0.25) is 10.1 Å². The number of nitrogens with two attached hydrogens (primary N) is 1. The largest absolute Gasteiger partial charge is 0.417 e. The van der Waals surface area contributed by atoms with E-state index >= 15 is 0 Å². The van der Waals surface area contributed by atoms with Gasteiger partial charge in [0.25, 0.3) is 0 Å². The smallest absolute Gasteiger partial charge is 0.368 e. The molecule has 26 heavy (non-hydrogen) atoms. The molecule has 2 bridgehead atoms. The van der Waals surface area contributed by atoms with E-state index in [1.54, 1.807) is 30.3 Å². The average molecular weight is 362 g/mol. The summed E-state index contributed by atoms with van der Waals surface area (Å²) >= 11 is 0. The zero-order valence-electron chi connectivity index (χ0n) is 14.6. The number of amides is 1. The molecule has 2 atom stereocenters. The minimum absolute atomic E-state index is 0.169. The van der Waals surface area contributed by atoms with E-state index in [4.69, 9.17) is 5.73 Å². The van der Waals surface area contributed by atoms with Gasteiger partial charge in [-0.2, -0.15) is 13.2 Å². The molecule has 2 aliphatic rings. The van der Waals surface area contributed by atoms with Crippen LogP contribution in [0, 0.1) is 5.92 Å². The zero-order chi connectivity index (χ0) is 19.1. The summed E-state index contributed by atoms with van der Waals surface area (Å²) in [7, 11) is 0. The summed E-state index contributed by atoms with van der Waals surface area (Å²) in [5.74, 6) is -0.363. The molecule has 2 aliphatic carbocycles. The predicted octanol–water partition coefficient (Wildman–Crippen LogP) is 4.26. The van der Waals surface area contributed by atoms with Crippen LogP contribution in [-0.2, 0) is 11.0 Å². The van der Waals surface area contributed by atoms with Crippen LogP contribution in [0.4, 0.5) is 13.2 Å². The molecule has 0 aliphatic heterocycles. The van der Waals surface area contributed by atoms with Crippen LogP contribution < -0.4 is 11.1 Å². The second kappa shape index (κ2) is 6.76. The van der Waals surface area contributed by atoms with Crippen molar-refractivity contribution in [3.8, 4) is 11.1 Å². The number of carbonyl (C=O) groups is 1. The molecule has 0 radical (unpaired) electrons. The first kappa shape index (κ1) is 18.5. The van der Waals surface area contributed by atoms with Crippen LogP contribution in [0.25, 0.3) is 11.1 Å². The van der Waals surface area contributed by atoms with Crippen LogP contribution in [-0.4, -0.2) is 11.9 Å². The normalized spacial score (nSPS) is 17.1. The van der Waals surface area contributed by atoms with Crippen molar-refractivity contribution in [2.75, 3.05) is 0 Å². The van der Waals surface area contributed by atoms with Crippen LogP contribution in [0.3, 0.4) is 0 Å². The van der Waals surface area contributed by atoms with Gasteiger partial charge in [0.05, 0.1) is 17.6 Å². The standard InChI is InChI=1S/C20H21F3N2O/c1-11(2)10-15(19(24)26)25-18-14-9-8-13(12-6-4-3-5-7-12)16(18)17(14)20(21,22)23/h3-9,11,15,18,25H,10H2,1-2H3,(H2,24,26)/t15-,18-/m1/s1. The summed E-state index contributed by atoms with van der Waals surface area (Å²) in [6.07, 6.45) is -3.97. The van der Waals surface area contributed by atoms with Crippen molar-refractivity contribution >= 4 is 5.91 Å². The maximum absolute atomic E-state index is 13.5. The molecule has 2 aromatic carbocycles. The Morgan fingerprint density at radius 3 is 2.35 bits per heavy atom. The van der Waals surface area contributed by atoms with Gasteiger partial charge >= 0.3 is 6.18 Å². The first-order chi connectivity index (χ1) is 12.2. The quantitative estimate of drug-likeness (QED) is 0.807. The van der Waals surface area contributed by atoms with Crippen molar-refractivity contribution in [1.29, 1.82) is 0 Å². The lowest BCUT2D eigenvalue weighted by Crippen LogP contribution is -2.47. The average Bonchev–Trinajstić information content (AvgIpc) is 2.57. The molecule has 3 nitrogen and oxygen atoms in total. The van der Waals surface area contributed by atoms with Gasteiger partial charge in [0.15, 0.2) is 0 Å². The topological polar surface area (TPSA) is 55.1 Å². The molecule has 0 spiro atoms. The fourth-order valence-electron chi connectivity index (χ4n) is 3.55. The van der Waals surface area contributed by atoms with Gasteiger partial charge in [-0.15, -0.1) is 0 Å². The third kappa shape index (κ3) is 3.33. The van der Waals surface area contributed by atoms with Crippen LogP contribution in [0.1, 0.15) is 43.0 Å². The number of benzene rings is 2. The lowest BCUT2D eigenvalue weighted by molar-refractivity contribution is -0.141. The van der Waals surface area contributed by atoms with E-state index in [1.807, 2.05) is 19.9 Å². The monoisotopic (exact) mass is 362 g/mol. The Morgan fingerprint density at radius 2 is 1.81 bits per heavy atom. The van der Waals surface area contributed by atoms with E-state index in [9.17, 15) is 18.0 Å². The number of hydrogen-bond donors (Lipinski definition) is 2. The van der Waals surface area contributed by atoms with Crippen LogP contribution in [0.15, 0.2) is 42.5 Å². The van der Waals surface area contributed by atoms with E-state index in [1.165, 1.54) is 6.07 Å². The Balaban J connectivity index is 2.01. The summed E-state index contributed by atoms with van der Waals surface area (Å²) in [4.78, 5) is 11.7. The van der Waals surface area contributed by atoms with Crippen molar-refractivity contribution in [1.82, 2.24) is 5.32 Å². The molecule has 0 saturated heterocycles. The molecule has 3 N–H and O–H groups in total. The van der Waals surface area contributed by atoms with E-state index < -0.39 is 29.7 Å². The third-order valence-corrected chi connectivity index (χ3v) is 4.66. The van der Waals surface area contributed by atoms with E-state index in [0.29, 0.717) is 17.5 Å². The molecule has 0 fully saturated rings. The SMILES string of the molecule is CC(C)C[C@@H](N[C@@H]1c2ccc(-c3ccccc3)c1c2C(F)(F)F)C(N)=O. The second-order valence-electron chi connectivity index (χ2n) is 7.04. The molecule has 138 valence electrons. The van der Waals surface area contributed by atoms with Gasteiger partial charge in [-0.25, -0.2) is 0 Å². The van der Waals surface area contributed by atoms with E-state index in [-0.39, 0.29) is 17.0 Å². The molecule has 4 rings (SSSR count). The first-order valence-corrected chi connectivity index (χ1v) is 8.55. The molecule has 1 amide bonds. The number of hydrogen-bond acceptors (Lipinski definition) is 2. The highest BCUT2D eigenvalue weighted by atomic mass is 19.4. The highest BCUT2D eigenvalue weighted by molar-refractivity contribution is 5.81. The number of halogens is 3. The first-order valence-electron chi connectivity index (χ1n) is 8.55. The fraction of sp³-hybridized carbons (Fsp3) is 0.350. The van der Waals surface area contributed by atoms with Crippen LogP contribution in [0.2, 0.25) is 0 Å². The maximum atomic E-state index is 13.5. The van der Waals surface area contributed by atoms with Crippen molar-refractivity contribution in [3.05, 3.63) is 59.2 Å². The van der Waals surface area contributed by atoms with Crippen molar-refractivity contribution in [2.45, 2.75) is 38.5 Å². The van der Waals surface area contributed by atoms with E-state index in [2.05, 4.69) is 5.32 Å². The second-order valence-corrected chi connectivity index (χ2v) is 7.04. The molecule has 6 heteroatoms. The van der Waals surface area contributed by atoms with Gasteiger partial charge in [0.1, 0.15) is 0 Å². The summed E-state index contributed by atoms with van der Waals surface area (Å²) in [5.41, 5.74) is 6.45. The number of fused-ring (bicyclic) bond motifs is 2. The van der Waals surface area contributed by atoms with Crippen molar-refractivity contribution in [3.63, 3.8) is 0 Å². The minimum atomic E-state index is -4.44. The summed E-state index contributed by atoms with van der Waals surface area (Å²) < 4.78 is 40.6. The lowest BCUT2D eigenvalue weighted by atomic mass is 9.74. The Labute approximate surface area is 150 Å². The van der Waals surface area contributed by atoms with Crippen molar-refractivity contribution < 1.29 is 18.0 Å². The fourth-order valence-corrected chi connectivity index (χ4v) is 3.55. The summed E-state index contributed by atoms with van der Waals surface area (Å²) in [5, 5.41) is 3.05. The van der Waals surface area contributed by atoms with Crippen molar-refractivity contribution in [2.24, 2.45) is 11.7 Å². The molecule has 0 heterocycles. The Hall–Kier alpha value is -2.34.